The van der Waals surface area contributed by atoms with Gasteiger partial charge in [-0.15, -0.1) is 0 Å². The fourth-order valence-electron chi connectivity index (χ4n) is 3.89. The van der Waals surface area contributed by atoms with Crippen LogP contribution in [0.25, 0.3) is 10.8 Å². The van der Waals surface area contributed by atoms with Crippen molar-refractivity contribution in [2.45, 2.75) is 19.9 Å². The minimum Gasteiger partial charge on any atom is -0.451 e. The number of hydrogen-bond acceptors (Lipinski definition) is 6. The molecule has 0 spiro atoms. The van der Waals surface area contributed by atoms with Crippen LogP contribution in [0.5, 0.6) is 0 Å². The first-order valence-electron chi connectivity index (χ1n) is 11.2. The van der Waals surface area contributed by atoms with Crippen LogP contribution in [-0.4, -0.2) is 34.3 Å². The predicted octanol–water partition coefficient (Wildman–Crippen LogP) is 4.28. The predicted molar refractivity (Wildman–Crippen MR) is 136 cm³/mol. The standard InChI is InChI=1S/C27H26N4O4/c1-18(2)31(20-9-5-4-6-10-20)21-15-13-19(14-16-21)28-24(32)17-35-27(34)25-22-11-7-8-12-23(22)26(33)30(3)29-25/h4-16,18H,17H2,1-3H3,(H,28,32). The average molecular weight is 471 g/mol. The molecule has 0 saturated heterocycles. The van der Waals surface area contributed by atoms with E-state index in [1.807, 2.05) is 42.5 Å². The number of rotatable bonds is 7. The highest BCUT2D eigenvalue weighted by Gasteiger charge is 2.18. The van der Waals surface area contributed by atoms with Crippen molar-refractivity contribution >= 4 is 39.7 Å². The van der Waals surface area contributed by atoms with Crippen LogP contribution in [0, 0.1) is 0 Å². The van der Waals surface area contributed by atoms with E-state index in [1.165, 1.54) is 7.05 Å². The number of anilines is 3. The minimum atomic E-state index is -0.780. The summed E-state index contributed by atoms with van der Waals surface area (Å²) in [5, 5.41) is 7.49. The van der Waals surface area contributed by atoms with E-state index in [-0.39, 0.29) is 17.3 Å². The number of ether oxygens (including phenoxy) is 1. The van der Waals surface area contributed by atoms with Gasteiger partial charge in [0.2, 0.25) is 0 Å². The fourth-order valence-corrected chi connectivity index (χ4v) is 3.89. The molecule has 8 nitrogen and oxygen atoms in total. The molecule has 0 bridgehead atoms. The number of amides is 1. The molecule has 1 heterocycles. The van der Waals surface area contributed by atoms with Crippen LogP contribution in [0.1, 0.15) is 24.3 Å². The molecule has 0 aliphatic rings. The Balaban J connectivity index is 1.42. The van der Waals surface area contributed by atoms with E-state index in [2.05, 4.69) is 29.2 Å². The van der Waals surface area contributed by atoms with Gasteiger partial charge in [0.15, 0.2) is 12.3 Å². The Labute approximate surface area is 202 Å². The van der Waals surface area contributed by atoms with Crippen molar-refractivity contribution < 1.29 is 14.3 Å². The Morgan fingerprint density at radius 3 is 2.17 bits per heavy atom. The maximum atomic E-state index is 12.6. The van der Waals surface area contributed by atoms with Gasteiger partial charge in [-0.1, -0.05) is 36.4 Å². The number of fused-ring (bicyclic) bond motifs is 1. The van der Waals surface area contributed by atoms with Gasteiger partial charge in [-0.3, -0.25) is 9.59 Å². The quantitative estimate of drug-likeness (QED) is 0.406. The minimum absolute atomic E-state index is 0.0189. The molecule has 178 valence electrons. The summed E-state index contributed by atoms with van der Waals surface area (Å²) in [4.78, 5) is 39.4. The molecule has 4 aromatic rings. The largest absolute Gasteiger partial charge is 0.451 e. The number of esters is 1. The molecule has 0 radical (unpaired) electrons. The van der Waals surface area contributed by atoms with Gasteiger partial charge in [0.1, 0.15) is 0 Å². The maximum Gasteiger partial charge on any atom is 0.359 e. The van der Waals surface area contributed by atoms with E-state index in [9.17, 15) is 14.4 Å². The lowest BCUT2D eigenvalue weighted by atomic mass is 10.1. The molecule has 0 fully saturated rings. The molecule has 0 aliphatic heterocycles. The van der Waals surface area contributed by atoms with Gasteiger partial charge in [-0.05, 0) is 56.3 Å². The van der Waals surface area contributed by atoms with Crippen molar-refractivity contribution in [3.05, 3.63) is 94.9 Å². The van der Waals surface area contributed by atoms with Crippen molar-refractivity contribution in [3.63, 3.8) is 0 Å². The van der Waals surface area contributed by atoms with E-state index in [0.717, 1.165) is 16.1 Å². The molecule has 3 aromatic carbocycles. The number of nitrogens with zero attached hydrogens (tertiary/aromatic N) is 3. The lowest BCUT2D eigenvalue weighted by Crippen LogP contribution is -2.26. The lowest BCUT2D eigenvalue weighted by Gasteiger charge is -2.29. The average Bonchev–Trinajstić information content (AvgIpc) is 2.86. The zero-order valence-corrected chi connectivity index (χ0v) is 19.8. The number of nitrogens with one attached hydrogen (secondary N) is 1. The molecule has 35 heavy (non-hydrogen) atoms. The zero-order chi connectivity index (χ0) is 24.9. The number of aryl methyl sites for hydroxylation is 1. The highest BCUT2D eigenvalue weighted by atomic mass is 16.5. The molecule has 0 aliphatic carbocycles. The topological polar surface area (TPSA) is 93.5 Å². The third kappa shape index (κ3) is 5.22. The number of hydrogen-bond donors (Lipinski definition) is 1. The Bertz CT molecular complexity index is 1410. The summed E-state index contributed by atoms with van der Waals surface area (Å²) in [5.74, 6) is -1.26. The smallest absolute Gasteiger partial charge is 0.359 e. The Morgan fingerprint density at radius 1 is 0.914 bits per heavy atom. The van der Waals surface area contributed by atoms with E-state index < -0.39 is 18.5 Å². The second kappa shape index (κ2) is 10.2. The van der Waals surface area contributed by atoms with Crippen LogP contribution in [0.2, 0.25) is 0 Å². The molecule has 1 amide bonds. The molecule has 4 rings (SSSR count). The molecule has 1 aromatic heterocycles. The van der Waals surface area contributed by atoms with E-state index in [1.54, 1.807) is 36.4 Å². The molecule has 1 N–H and O–H groups in total. The first kappa shape index (κ1) is 23.7. The number of carbonyl (C=O) groups excluding carboxylic acids is 2. The highest BCUT2D eigenvalue weighted by molar-refractivity contribution is 6.03. The van der Waals surface area contributed by atoms with Crippen molar-refractivity contribution in [1.82, 2.24) is 9.78 Å². The van der Waals surface area contributed by atoms with E-state index in [0.29, 0.717) is 16.5 Å². The maximum absolute atomic E-state index is 12.6. The van der Waals surface area contributed by atoms with Gasteiger partial charge in [-0.2, -0.15) is 5.10 Å². The molecule has 0 unspecified atom stereocenters. The van der Waals surface area contributed by atoms with Crippen LogP contribution in [0.3, 0.4) is 0 Å². The first-order valence-corrected chi connectivity index (χ1v) is 11.2. The molecular formula is C27H26N4O4. The van der Waals surface area contributed by atoms with Crippen molar-refractivity contribution in [2.24, 2.45) is 7.05 Å². The van der Waals surface area contributed by atoms with Crippen LogP contribution < -0.4 is 15.8 Å². The van der Waals surface area contributed by atoms with Crippen LogP contribution in [-0.2, 0) is 16.6 Å². The summed E-state index contributed by atoms with van der Waals surface area (Å²) < 4.78 is 6.26. The fraction of sp³-hybridized carbons (Fsp3) is 0.185. The number of carbonyl (C=O) groups is 2. The van der Waals surface area contributed by atoms with Gasteiger partial charge in [0.25, 0.3) is 11.5 Å². The third-order valence-electron chi connectivity index (χ3n) is 5.46. The van der Waals surface area contributed by atoms with Gasteiger partial charge in [0, 0.05) is 35.5 Å². The first-order chi connectivity index (χ1) is 16.8. The molecule has 8 heteroatoms. The molecule has 0 atom stereocenters. The van der Waals surface area contributed by atoms with Crippen LogP contribution in [0.4, 0.5) is 17.1 Å². The Morgan fingerprint density at radius 2 is 1.51 bits per heavy atom. The Hall–Kier alpha value is -4.46. The monoisotopic (exact) mass is 470 g/mol. The van der Waals surface area contributed by atoms with Crippen molar-refractivity contribution in [3.8, 4) is 0 Å². The van der Waals surface area contributed by atoms with Gasteiger partial charge in [0.05, 0.1) is 5.39 Å². The summed E-state index contributed by atoms with van der Waals surface area (Å²) in [5.41, 5.74) is 2.31. The summed E-state index contributed by atoms with van der Waals surface area (Å²) in [7, 11) is 1.46. The van der Waals surface area contributed by atoms with Crippen LogP contribution >= 0.6 is 0 Å². The SMILES string of the molecule is CC(C)N(c1ccccc1)c1ccc(NC(=O)COC(=O)c2nn(C)c(=O)c3ccccc23)cc1. The number of aromatic nitrogens is 2. The van der Waals surface area contributed by atoms with Gasteiger partial charge >= 0.3 is 5.97 Å². The Kier molecular flexibility index (Phi) is 6.91. The third-order valence-corrected chi connectivity index (χ3v) is 5.46. The number of benzene rings is 3. The normalized spacial score (nSPS) is 10.9. The second-order valence-electron chi connectivity index (χ2n) is 8.29. The summed E-state index contributed by atoms with van der Waals surface area (Å²) in [6, 6.07) is 24.4. The summed E-state index contributed by atoms with van der Waals surface area (Å²) in [6.45, 7) is 3.74. The van der Waals surface area contributed by atoms with Crippen molar-refractivity contribution in [2.75, 3.05) is 16.8 Å². The zero-order valence-electron chi connectivity index (χ0n) is 19.8. The highest BCUT2D eigenvalue weighted by Crippen LogP contribution is 2.28. The lowest BCUT2D eigenvalue weighted by molar-refractivity contribution is -0.119. The van der Waals surface area contributed by atoms with Crippen molar-refractivity contribution in [1.29, 1.82) is 0 Å². The van der Waals surface area contributed by atoms with Gasteiger partial charge < -0.3 is 15.0 Å². The number of para-hydroxylation sites is 1. The summed E-state index contributed by atoms with van der Waals surface area (Å²) >= 11 is 0. The van der Waals surface area contributed by atoms with E-state index in [4.69, 9.17) is 4.74 Å². The van der Waals surface area contributed by atoms with Gasteiger partial charge in [-0.25, -0.2) is 9.48 Å². The molecular weight excluding hydrogens is 444 g/mol. The summed E-state index contributed by atoms with van der Waals surface area (Å²) in [6.07, 6.45) is 0. The van der Waals surface area contributed by atoms with E-state index >= 15 is 0 Å². The molecule has 0 saturated carbocycles. The second-order valence-corrected chi connectivity index (χ2v) is 8.29. The van der Waals surface area contributed by atoms with Crippen LogP contribution in [0.15, 0.2) is 83.7 Å².